The molecule has 0 aliphatic carbocycles. The maximum atomic E-state index is 13.2. The molecule has 1 aromatic carbocycles. The van der Waals surface area contributed by atoms with E-state index in [2.05, 4.69) is 10.2 Å². The smallest absolute Gasteiger partial charge is 0.263 e. The average molecular weight is 246 g/mol. The zero-order valence-electron chi connectivity index (χ0n) is 9.48. The number of carbonyl (C=O) groups excluding carboxylic acids is 1. The number of nitrogens with one attached hydrogen (secondary N) is 1. The molecule has 18 heavy (non-hydrogen) atoms. The maximum absolute atomic E-state index is 13.2. The van der Waals surface area contributed by atoms with E-state index in [9.17, 15) is 9.18 Å². The minimum atomic E-state index is -0.353. The van der Waals surface area contributed by atoms with E-state index >= 15 is 0 Å². The molecular weight excluding hydrogens is 235 g/mol. The van der Waals surface area contributed by atoms with Crippen LogP contribution < -0.4 is 10.6 Å². The number of rotatable bonds is 1. The zero-order chi connectivity index (χ0) is 12.7. The van der Waals surface area contributed by atoms with Crippen LogP contribution in [0, 0.1) is 5.82 Å². The fourth-order valence-corrected chi connectivity index (χ4v) is 2.18. The molecule has 0 saturated carbocycles. The summed E-state index contributed by atoms with van der Waals surface area (Å²) in [5, 5.41) is 6.23. The summed E-state index contributed by atoms with van der Waals surface area (Å²) >= 11 is 0. The normalized spacial score (nSPS) is 13.7. The average Bonchev–Trinajstić information content (AvgIpc) is 2.94. The van der Waals surface area contributed by atoms with Crippen LogP contribution in [-0.2, 0) is 6.42 Å². The van der Waals surface area contributed by atoms with Gasteiger partial charge in [-0.05, 0) is 24.1 Å². The van der Waals surface area contributed by atoms with Crippen LogP contribution in [0.4, 0.5) is 15.9 Å². The Morgan fingerprint density at radius 2 is 2.33 bits per heavy atom. The maximum Gasteiger partial charge on any atom is 0.263 e. The second-order valence-corrected chi connectivity index (χ2v) is 4.18. The van der Waals surface area contributed by atoms with Gasteiger partial charge in [0.25, 0.3) is 5.91 Å². The lowest BCUT2D eigenvalue weighted by Gasteiger charge is -2.16. The van der Waals surface area contributed by atoms with E-state index in [1.807, 2.05) is 0 Å². The molecule has 0 spiro atoms. The number of carbonyl (C=O) groups is 1. The minimum absolute atomic E-state index is 0.227. The van der Waals surface area contributed by atoms with Crippen molar-refractivity contribution in [1.29, 1.82) is 0 Å². The van der Waals surface area contributed by atoms with Crippen molar-refractivity contribution in [3.05, 3.63) is 41.3 Å². The Morgan fingerprint density at radius 1 is 1.50 bits per heavy atom. The van der Waals surface area contributed by atoms with Crippen molar-refractivity contribution in [3.8, 4) is 0 Å². The van der Waals surface area contributed by atoms with E-state index < -0.39 is 0 Å². The first kappa shape index (κ1) is 10.8. The molecule has 0 fully saturated rings. The van der Waals surface area contributed by atoms with Gasteiger partial charge in [-0.15, -0.1) is 0 Å². The first-order valence-corrected chi connectivity index (χ1v) is 5.56. The van der Waals surface area contributed by atoms with Gasteiger partial charge in [-0.2, -0.15) is 5.10 Å². The summed E-state index contributed by atoms with van der Waals surface area (Å²) in [6.45, 7) is 0.530. The van der Waals surface area contributed by atoms with E-state index in [0.29, 0.717) is 17.8 Å². The number of anilines is 2. The van der Waals surface area contributed by atoms with Crippen LogP contribution in [0.15, 0.2) is 24.4 Å². The molecule has 3 rings (SSSR count). The highest BCUT2D eigenvalue weighted by atomic mass is 19.1. The topological polar surface area (TPSA) is 75.0 Å². The number of nitrogens with two attached hydrogens (primary N) is 1. The Hall–Kier alpha value is -2.37. The van der Waals surface area contributed by atoms with Crippen LogP contribution in [0.1, 0.15) is 15.9 Å². The van der Waals surface area contributed by atoms with Gasteiger partial charge in [0.1, 0.15) is 17.2 Å². The quantitative estimate of drug-likeness (QED) is 0.797. The molecule has 0 bridgehead atoms. The molecule has 2 aromatic rings. The van der Waals surface area contributed by atoms with Gasteiger partial charge in [-0.25, -0.2) is 4.39 Å². The molecule has 5 nitrogen and oxygen atoms in total. The Bertz CT molecular complexity index is 622. The summed E-state index contributed by atoms with van der Waals surface area (Å²) in [5.74, 6) is -0.385. The number of H-pyrrole nitrogens is 1. The fourth-order valence-electron chi connectivity index (χ4n) is 2.18. The van der Waals surface area contributed by atoms with Crippen LogP contribution in [0.2, 0.25) is 0 Å². The molecule has 0 atom stereocenters. The highest BCUT2D eigenvalue weighted by Crippen LogP contribution is 2.30. The molecule has 1 aliphatic rings. The summed E-state index contributed by atoms with van der Waals surface area (Å²) in [5.41, 5.74) is 7.51. The Morgan fingerprint density at radius 3 is 3.06 bits per heavy atom. The SMILES string of the molecule is Nc1[nH]ncc1C(=O)N1CCc2ccc(F)cc21. The monoisotopic (exact) mass is 246 g/mol. The third-order valence-corrected chi connectivity index (χ3v) is 3.09. The van der Waals surface area contributed by atoms with E-state index in [1.165, 1.54) is 23.2 Å². The lowest BCUT2D eigenvalue weighted by Crippen LogP contribution is -2.29. The van der Waals surface area contributed by atoms with E-state index in [-0.39, 0.29) is 17.5 Å². The lowest BCUT2D eigenvalue weighted by atomic mass is 10.1. The van der Waals surface area contributed by atoms with Crippen molar-refractivity contribution in [3.63, 3.8) is 0 Å². The van der Waals surface area contributed by atoms with Gasteiger partial charge in [-0.3, -0.25) is 9.89 Å². The second kappa shape index (κ2) is 3.83. The third-order valence-electron chi connectivity index (χ3n) is 3.09. The predicted molar refractivity (Wildman–Crippen MR) is 64.8 cm³/mol. The molecule has 0 radical (unpaired) electrons. The minimum Gasteiger partial charge on any atom is -0.383 e. The Balaban J connectivity index is 2.00. The van der Waals surface area contributed by atoms with Gasteiger partial charge in [0.05, 0.1) is 11.9 Å². The number of benzene rings is 1. The third kappa shape index (κ3) is 1.54. The number of aromatic amines is 1. The van der Waals surface area contributed by atoms with Crippen molar-refractivity contribution in [2.75, 3.05) is 17.2 Å². The highest BCUT2D eigenvalue weighted by molar-refractivity contribution is 6.09. The summed E-state index contributed by atoms with van der Waals surface area (Å²) in [4.78, 5) is 13.8. The van der Waals surface area contributed by atoms with Crippen molar-refractivity contribution in [2.45, 2.75) is 6.42 Å². The van der Waals surface area contributed by atoms with Crippen molar-refractivity contribution >= 4 is 17.4 Å². The lowest BCUT2D eigenvalue weighted by molar-refractivity contribution is 0.0990. The summed E-state index contributed by atoms with van der Waals surface area (Å²) in [7, 11) is 0. The summed E-state index contributed by atoms with van der Waals surface area (Å²) in [6.07, 6.45) is 2.11. The largest absolute Gasteiger partial charge is 0.383 e. The molecule has 1 aliphatic heterocycles. The molecule has 1 amide bonds. The van der Waals surface area contributed by atoms with Crippen LogP contribution in [0.5, 0.6) is 0 Å². The molecule has 6 heteroatoms. The highest BCUT2D eigenvalue weighted by Gasteiger charge is 2.27. The van der Waals surface area contributed by atoms with E-state index in [1.54, 1.807) is 6.07 Å². The second-order valence-electron chi connectivity index (χ2n) is 4.18. The standard InChI is InChI=1S/C12H11FN4O/c13-8-2-1-7-3-4-17(10(7)5-8)12(18)9-6-15-16-11(9)14/h1-2,5-6H,3-4H2,(H3,14,15,16). The number of halogens is 1. The number of hydrogen-bond acceptors (Lipinski definition) is 3. The first-order chi connectivity index (χ1) is 8.66. The number of nitrogens with zero attached hydrogens (tertiary/aromatic N) is 2. The van der Waals surface area contributed by atoms with Gasteiger partial charge in [0.15, 0.2) is 0 Å². The summed E-state index contributed by atoms with van der Waals surface area (Å²) < 4.78 is 13.2. The van der Waals surface area contributed by atoms with Crippen LogP contribution in [-0.4, -0.2) is 22.6 Å². The molecular formula is C12H11FN4O. The fraction of sp³-hybridized carbons (Fsp3) is 0.167. The van der Waals surface area contributed by atoms with Crippen molar-refractivity contribution in [2.24, 2.45) is 0 Å². The molecule has 3 N–H and O–H groups in total. The van der Waals surface area contributed by atoms with Gasteiger partial charge in [0.2, 0.25) is 0 Å². The van der Waals surface area contributed by atoms with Crippen molar-refractivity contribution < 1.29 is 9.18 Å². The number of aromatic nitrogens is 2. The van der Waals surface area contributed by atoms with E-state index in [0.717, 1.165) is 12.0 Å². The van der Waals surface area contributed by atoms with Crippen LogP contribution in [0.25, 0.3) is 0 Å². The van der Waals surface area contributed by atoms with Gasteiger partial charge in [-0.1, -0.05) is 6.07 Å². The van der Waals surface area contributed by atoms with Crippen LogP contribution in [0.3, 0.4) is 0 Å². The first-order valence-electron chi connectivity index (χ1n) is 5.56. The number of fused-ring (bicyclic) bond motifs is 1. The van der Waals surface area contributed by atoms with Gasteiger partial charge in [0, 0.05) is 6.54 Å². The van der Waals surface area contributed by atoms with Gasteiger partial charge < -0.3 is 10.6 Å². The predicted octanol–water partition coefficient (Wildman–Crippen LogP) is 1.33. The summed E-state index contributed by atoms with van der Waals surface area (Å²) in [6, 6.07) is 4.48. The number of nitrogen functional groups attached to an aromatic ring is 1. The Labute approximate surface area is 102 Å². The molecule has 92 valence electrons. The van der Waals surface area contributed by atoms with Crippen molar-refractivity contribution in [1.82, 2.24) is 10.2 Å². The van der Waals surface area contributed by atoms with Gasteiger partial charge >= 0.3 is 0 Å². The molecule has 0 unspecified atom stereocenters. The van der Waals surface area contributed by atoms with Crippen LogP contribution >= 0.6 is 0 Å². The molecule has 0 saturated heterocycles. The number of hydrogen-bond donors (Lipinski definition) is 2. The zero-order valence-corrected chi connectivity index (χ0v) is 9.48. The number of amides is 1. The molecule has 2 heterocycles. The molecule has 1 aromatic heterocycles. The Kier molecular flexibility index (Phi) is 2.29. The van der Waals surface area contributed by atoms with E-state index in [4.69, 9.17) is 5.73 Å².